The molecule has 0 saturated carbocycles. The van der Waals surface area contributed by atoms with E-state index in [9.17, 15) is 0 Å². The van der Waals surface area contributed by atoms with Crippen LogP contribution in [0.3, 0.4) is 0 Å². The molecule has 0 N–H and O–H groups in total. The van der Waals surface area contributed by atoms with Gasteiger partial charge in [-0.2, -0.15) is 0 Å². The SMILES string of the molecule is c1ccc(-c2nc(-c3ccccc3)nc(-c3cc4ccccc4cc3-c3ccc(-c4ccc(C5(c6ccccc6)c6ccccc6-c6c5ccc5ccccc65)cc4)cc3)n2)cc1. The van der Waals surface area contributed by atoms with E-state index in [1.165, 1.54) is 44.2 Å². The van der Waals surface area contributed by atoms with Crippen LogP contribution in [0.15, 0.2) is 237 Å². The van der Waals surface area contributed by atoms with Crippen molar-refractivity contribution in [2.24, 2.45) is 0 Å². The van der Waals surface area contributed by atoms with Gasteiger partial charge < -0.3 is 0 Å². The largest absolute Gasteiger partial charge is 0.208 e. The van der Waals surface area contributed by atoms with E-state index < -0.39 is 5.41 Å². The van der Waals surface area contributed by atoms with Crippen LogP contribution in [0.5, 0.6) is 0 Å². The van der Waals surface area contributed by atoms with E-state index in [4.69, 9.17) is 15.0 Å². The third-order valence-corrected chi connectivity index (χ3v) is 12.8. The molecule has 294 valence electrons. The molecule has 1 unspecified atom stereocenters. The van der Waals surface area contributed by atoms with Gasteiger partial charge in [0, 0.05) is 16.7 Å². The number of hydrogen-bond acceptors (Lipinski definition) is 3. The first-order valence-electron chi connectivity index (χ1n) is 21.5. The summed E-state index contributed by atoms with van der Waals surface area (Å²) in [5, 5.41) is 4.83. The summed E-state index contributed by atoms with van der Waals surface area (Å²) in [5.41, 5.74) is 14.6. The van der Waals surface area contributed by atoms with Crippen molar-refractivity contribution in [1.82, 2.24) is 15.0 Å². The minimum absolute atomic E-state index is 0.470. The lowest BCUT2D eigenvalue weighted by Crippen LogP contribution is -2.28. The highest BCUT2D eigenvalue weighted by Gasteiger charge is 2.46. The Morgan fingerprint density at radius 2 is 0.746 bits per heavy atom. The highest BCUT2D eigenvalue weighted by Crippen LogP contribution is 2.57. The van der Waals surface area contributed by atoms with E-state index in [2.05, 4.69) is 200 Å². The van der Waals surface area contributed by atoms with Crippen molar-refractivity contribution in [2.75, 3.05) is 0 Å². The Morgan fingerprint density at radius 1 is 0.270 bits per heavy atom. The molecule has 0 fully saturated rings. The summed E-state index contributed by atoms with van der Waals surface area (Å²) in [7, 11) is 0. The average molecular weight is 802 g/mol. The smallest absolute Gasteiger partial charge is 0.164 e. The molecule has 10 aromatic carbocycles. The normalized spacial score (nSPS) is 14.1. The van der Waals surface area contributed by atoms with Gasteiger partial charge in [0.15, 0.2) is 17.5 Å². The summed E-state index contributed by atoms with van der Waals surface area (Å²) in [6.07, 6.45) is 0. The standard InChI is InChI=1S/C60H39N3/c1-4-17-44(18-5-1)57-61-58(45-19-6-2-7-20-45)63-59(62-57)53-39-47-22-11-10-21-46(47)38-52(53)43-30-28-40(29-31-43)41-32-35-49(36-33-41)60(48-23-8-3-9-24-48)54-27-15-14-26-51(54)56-50-25-13-12-16-42(50)34-37-55(56)60/h1-39H. The maximum absolute atomic E-state index is 5.15. The molecule has 63 heavy (non-hydrogen) atoms. The maximum atomic E-state index is 5.15. The molecule has 0 saturated heterocycles. The zero-order valence-corrected chi connectivity index (χ0v) is 34.4. The Balaban J connectivity index is 0.967. The molecule has 1 aromatic heterocycles. The number of hydrogen-bond donors (Lipinski definition) is 0. The highest BCUT2D eigenvalue weighted by molar-refractivity contribution is 6.04. The van der Waals surface area contributed by atoms with Gasteiger partial charge in [0.25, 0.3) is 0 Å². The number of nitrogens with zero attached hydrogens (tertiary/aromatic N) is 3. The van der Waals surface area contributed by atoms with E-state index >= 15 is 0 Å². The van der Waals surface area contributed by atoms with Gasteiger partial charge in [-0.05, 0) is 89.3 Å². The Hall–Kier alpha value is -8.27. The zero-order chi connectivity index (χ0) is 41.7. The van der Waals surface area contributed by atoms with Crippen molar-refractivity contribution in [2.45, 2.75) is 5.41 Å². The van der Waals surface area contributed by atoms with Gasteiger partial charge in [-0.15, -0.1) is 0 Å². The lowest BCUT2D eigenvalue weighted by molar-refractivity contribution is 0.769. The molecule has 0 amide bonds. The Labute approximate surface area is 366 Å². The van der Waals surface area contributed by atoms with Crippen molar-refractivity contribution in [3.05, 3.63) is 259 Å². The first kappa shape index (κ1) is 36.6. The molecule has 0 spiro atoms. The Kier molecular flexibility index (Phi) is 8.72. The quantitative estimate of drug-likeness (QED) is 0.161. The minimum atomic E-state index is -0.470. The van der Waals surface area contributed by atoms with E-state index in [-0.39, 0.29) is 0 Å². The molecule has 0 bridgehead atoms. The van der Waals surface area contributed by atoms with E-state index in [0.29, 0.717) is 17.5 Å². The number of benzene rings is 10. The van der Waals surface area contributed by atoms with Crippen LogP contribution in [-0.2, 0) is 5.41 Å². The van der Waals surface area contributed by atoms with Gasteiger partial charge in [0.2, 0.25) is 0 Å². The molecule has 11 aromatic rings. The fourth-order valence-electron chi connectivity index (χ4n) is 9.87. The van der Waals surface area contributed by atoms with Gasteiger partial charge in [-0.3, -0.25) is 0 Å². The number of fused-ring (bicyclic) bond motifs is 6. The molecule has 0 radical (unpaired) electrons. The number of aromatic nitrogens is 3. The first-order chi connectivity index (χ1) is 31.2. The van der Waals surface area contributed by atoms with Crippen LogP contribution in [0.4, 0.5) is 0 Å². The molecule has 3 nitrogen and oxygen atoms in total. The molecule has 1 heterocycles. The fraction of sp³-hybridized carbons (Fsp3) is 0.0167. The summed E-state index contributed by atoms with van der Waals surface area (Å²) in [5.74, 6) is 1.92. The van der Waals surface area contributed by atoms with Crippen LogP contribution >= 0.6 is 0 Å². The molecule has 0 aliphatic heterocycles. The summed E-state index contributed by atoms with van der Waals surface area (Å²) in [6.45, 7) is 0. The van der Waals surface area contributed by atoms with E-state index in [0.717, 1.165) is 49.7 Å². The molecule has 3 heteroatoms. The second-order valence-electron chi connectivity index (χ2n) is 16.3. The van der Waals surface area contributed by atoms with Crippen LogP contribution in [0.1, 0.15) is 22.3 Å². The van der Waals surface area contributed by atoms with E-state index in [1.807, 2.05) is 36.4 Å². The zero-order valence-electron chi connectivity index (χ0n) is 34.4. The van der Waals surface area contributed by atoms with Crippen molar-refractivity contribution < 1.29 is 0 Å². The molecule has 1 aliphatic carbocycles. The Morgan fingerprint density at radius 3 is 1.40 bits per heavy atom. The lowest BCUT2D eigenvalue weighted by atomic mass is 9.67. The van der Waals surface area contributed by atoms with Crippen molar-refractivity contribution in [1.29, 1.82) is 0 Å². The molecule has 12 rings (SSSR count). The van der Waals surface area contributed by atoms with Gasteiger partial charge in [0.05, 0.1) is 5.41 Å². The summed E-state index contributed by atoms with van der Waals surface area (Å²) in [6, 6.07) is 84.9. The van der Waals surface area contributed by atoms with Crippen molar-refractivity contribution in [3.8, 4) is 67.5 Å². The third-order valence-electron chi connectivity index (χ3n) is 12.8. The minimum Gasteiger partial charge on any atom is -0.208 e. The van der Waals surface area contributed by atoms with Gasteiger partial charge in [-0.1, -0.05) is 224 Å². The average Bonchev–Trinajstić information content (AvgIpc) is 3.68. The number of rotatable bonds is 7. The topological polar surface area (TPSA) is 38.7 Å². The summed E-state index contributed by atoms with van der Waals surface area (Å²) >= 11 is 0. The molecule has 1 aliphatic rings. The van der Waals surface area contributed by atoms with Crippen molar-refractivity contribution >= 4 is 21.5 Å². The third kappa shape index (κ3) is 6.08. The fourth-order valence-corrected chi connectivity index (χ4v) is 9.87. The maximum Gasteiger partial charge on any atom is 0.164 e. The van der Waals surface area contributed by atoms with Gasteiger partial charge in [0.1, 0.15) is 0 Å². The summed E-state index contributed by atoms with van der Waals surface area (Å²) < 4.78 is 0. The summed E-state index contributed by atoms with van der Waals surface area (Å²) in [4.78, 5) is 15.3. The monoisotopic (exact) mass is 801 g/mol. The Bertz CT molecular complexity index is 3420. The van der Waals surface area contributed by atoms with Crippen LogP contribution in [0.25, 0.3) is 89.1 Å². The second-order valence-corrected chi connectivity index (χ2v) is 16.3. The first-order valence-corrected chi connectivity index (χ1v) is 21.5. The second kappa shape index (κ2) is 15.0. The molecular weight excluding hydrogens is 763 g/mol. The lowest BCUT2D eigenvalue weighted by Gasteiger charge is -2.34. The van der Waals surface area contributed by atoms with Crippen LogP contribution in [-0.4, -0.2) is 15.0 Å². The molecule has 1 atom stereocenters. The molecular formula is C60H39N3. The predicted molar refractivity (Wildman–Crippen MR) is 259 cm³/mol. The highest BCUT2D eigenvalue weighted by atomic mass is 15.0. The van der Waals surface area contributed by atoms with Crippen LogP contribution in [0, 0.1) is 0 Å². The van der Waals surface area contributed by atoms with Gasteiger partial charge in [-0.25, -0.2) is 15.0 Å². The van der Waals surface area contributed by atoms with Crippen LogP contribution in [0.2, 0.25) is 0 Å². The van der Waals surface area contributed by atoms with Crippen molar-refractivity contribution in [3.63, 3.8) is 0 Å². The van der Waals surface area contributed by atoms with Gasteiger partial charge >= 0.3 is 0 Å². The predicted octanol–water partition coefficient (Wildman–Crippen LogP) is 14.9. The van der Waals surface area contributed by atoms with Crippen LogP contribution < -0.4 is 0 Å². The van der Waals surface area contributed by atoms with E-state index in [1.54, 1.807) is 0 Å².